The standard InChI is InChI=1S/C26H25FN4O2/c1-17-4-3-5-21(14-17)31-12-11-30(16-18(31)2)26(32)23-15-24-22(10-13-33-24)25(29-23)28-20-8-6-19(27)7-9-20/h3-10,13-15,18H,11-12,16H2,1-2H3,(H,28,29). The Labute approximate surface area is 191 Å². The Hall–Kier alpha value is -3.87. The number of hydrogen-bond acceptors (Lipinski definition) is 5. The van der Waals surface area contributed by atoms with Crippen molar-refractivity contribution in [3.8, 4) is 0 Å². The zero-order chi connectivity index (χ0) is 22.9. The van der Waals surface area contributed by atoms with E-state index in [-0.39, 0.29) is 17.8 Å². The third-order valence-corrected chi connectivity index (χ3v) is 6.02. The van der Waals surface area contributed by atoms with Gasteiger partial charge in [-0.15, -0.1) is 0 Å². The van der Waals surface area contributed by atoms with Crippen LogP contribution in [-0.2, 0) is 0 Å². The van der Waals surface area contributed by atoms with E-state index in [9.17, 15) is 9.18 Å². The molecule has 0 spiro atoms. The Bertz CT molecular complexity index is 1300. The summed E-state index contributed by atoms with van der Waals surface area (Å²) in [6.07, 6.45) is 1.57. The lowest BCUT2D eigenvalue weighted by Crippen LogP contribution is -2.54. The van der Waals surface area contributed by atoms with E-state index in [2.05, 4.69) is 53.3 Å². The minimum absolute atomic E-state index is 0.133. The molecule has 0 aliphatic carbocycles. The van der Waals surface area contributed by atoms with Gasteiger partial charge in [-0.25, -0.2) is 9.37 Å². The molecule has 1 N–H and O–H groups in total. The van der Waals surface area contributed by atoms with Gasteiger partial charge in [0.2, 0.25) is 0 Å². The number of furan rings is 1. The Kier molecular flexibility index (Phi) is 5.46. The van der Waals surface area contributed by atoms with E-state index in [0.717, 1.165) is 11.9 Å². The third kappa shape index (κ3) is 4.26. The molecule has 1 unspecified atom stereocenters. The second kappa shape index (κ2) is 8.58. The lowest BCUT2D eigenvalue weighted by atomic mass is 10.1. The van der Waals surface area contributed by atoms with Gasteiger partial charge in [0.1, 0.15) is 22.9 Å². The predicted octanol–water partition coefficient (Wildman–Crippen LogP) is 5.37. The van der Waals surface area contributed by atoms with E-state index in [1.807, 2.05) is 4.90 Å². The molecule has 4 aromatic rings. The molecular weight excluding hydrogens is 419 g/mol. The summed E-state index contributed by atoms with van der Waals surface area (Å²) in [6, 6.07) is 18.1. The van der Waals surface area contributed by atoms with Gasteiger partial charge in [-0.05, 0) is 61.9 Å². The Balaban J connectivity index is 1.38. The number of hydrogen-bond donors (Lipinski definition) is 1. The van der Waals surface area contributed by atoms with Crippen LogP contribution in [0.3, 0.4) is 0 Å². The molecule has 1 saturated heterocycles. The number of nitrogens with one attached hydrogen (secondary N) is 1. The first kappa shape index (κ1) is 21.0. The molecule has 3 heterocycles. The van der Waals surface area contributed by atoms with Crippen molar-refractivity contribution < 1.29 is 13.6 Å². The minimum Gasteiger partial charge on any atom is -0.464 e. The highest BCUT2D eigenvalue weighted by Gasteiger charge is 2.29. The molecule has 2 aromatic heterocycles. The zero-order valence-corrected chi connectivity index (χ0v) is 18.6. The lowest BCUT2D eigenvalue weighted by molar-refractivity contribution is 0.0720. The Morgan fingerprint density at radius 1 is 1.12 bits per heavy atom. The smallest absolute Gasteiger partial charge is 0.272 e. The molecule has 5 rings (SSSR count). The van der Waals surface area contributed by atoms with Crippen LogP contribution in [0.15, 0.2) is 71.3 Å². The number of benzene rings is 2. The summed E-state index contributed by atoms with van der Waals surface area (Å²) in [5, 5.41) is 3.94. The summed E-state index contributed by atoms with van der Waals surface area (Å²) in [7, 11) is 0. The number of aryl methyl sites for hydroxylation is 1. The van der Waals surface area contributed by atoms with Crippen LogP contribution >= 0.6 is 0 Å². The number of piperazine rings is 1. The van der Waals surface area contributed by atoms with E-state index >= 15 is 0 Å². The van der Waals surface area contributed by atoms with Crippen molar-refractivity contribution in [2.75, 3.05) is 29.9 Å². The summed E-state index contributed by atoms with van der Waals surface area (Å²) in [5.74, 6) is 0.0543. The van der Waals surface area contributed by atoms with Crippen LogP contribution in [0.2, 0.25) is 0 Å². The van der Waals surface area contributed by atoms with Gasteiger partial charge in [0.25, 0.3) is 5.91 Å². The largest absolute Gasteiger partial charge is 0.464 e. The van der Waals surface area contributed by atoms with Crippen molar-refractivity contribution in [1.82, 2.24) is 9.88 Å². The summed E-state index contributed by atoms with van der Waals surface area (Å²) in [5.41, 5.74) is 3.96. The van der Waals surface area contributed by atoms with Crippen LogP contribution in [0.4, 0.5) is 21.6 Å². The van der Waals surface area contributed by atoms with Gasteiger partial charge < -0.3 is 19.5 Å². The van der Waals surface area contributed by atoms with Gasteiger partial charge in [0, 0.05) is 43.1 Å². The maximum Gasteiger partial charge on any atom is 0.272 e. The normalized spacial score (nSPS) is 16.3. The topological polar surface area (TPSA) is 61.6 Å². The number of fused-ring (bicyclic) bond motifs is 1. The maximum atomic E-state index is 13.4. The lowest BCUT2D eigenvalue weighted by Gasteiger charge is -2.41. The average molecular weight is 445 g/mol. The molecule has 1 atom stereocenters. The molecule has 7 heteroatoms. The first-order valence-electron chi connectivity index (χ1n) is 11.0. The first-order chi connectivity index (χ1) is 16.0. The van der Waals surface area contributed by atoms with Crippen LogP contribution in [-0.4, -0.2) is 41.5 Å². The third-order valence-electron chi connectivity index (χ3n) is 6.02. The minimum atomic E-state index is -0.315. The van der Waals surface area contributed by atoms with Gasteiger partial charge in [-0.1, -0.05) is 12.1 Å². The number of nitrogens with zero attached hydrogens (tertiary/aromatic N) is 3. The molecule has 1 aliphatic heterocycles. The van der Waals surface area contributed by atoms with Crippen molar-refractivity contribution in [2.45, 2.75) is 19.9 Å². The van der Waals surface area contributed by atoms with E-state index in [4.69, 9.17) is 4.42 Å². The fourth-order valence-corrected chi connectivity index (χ4v) is 4.33. The van der Waals surface area contributed by atoms with Crippen molar-refractivity contribution in [2.24, 2.45) is 0 Å². The van der Waals surface area contributed by atoms with E-state index in [1.54, 1.807) is 30.5 Å². The van der Waals surface area contributed by atoms with E-state index in [1.165, 1.54) is 23.4 Å². The van der Waals surface area contributed by atoms with Crippen LogP contribution in [0.25, 0.3) is 11.0 Å². The van der Waals surface area contributed by atoms with Gasteiger partial charge in [0.05, 0.1) is 11.6 Å². The summed E-state index contributed by atoms with van der Waals surface area (Å²) < 4.78 is 18.9. The average Bonchev–Trinajstić information content (AvgIpc) is 3.29. The van der Waals surface area contributed by atoms with E-state index in [0.29, 0.717) is 35.9 Å². The molecular formula is C26H25FN4O2. The summed E-state index contributed by atoms with van der Waals surface area (Å²) >= 11 is 0. The fourth-order valence-electron chi connectivity index (χ4n) is 4.33. The molecule has 33 heavy (non-hydrogen) atoms. The zero-order valence-electron chi connectivity index (χ0n) is 18.6. The second-order valence-corrected chi connectivity index (χ2v) is 8.45. The predicted molar refractivity (Wildman–Crippen MR) is 128 cm³/mol. The fraction of sp³-hybridized carbons (Fsp3) is 0.231. The summed E-state index contributed by atoms with van der Waals surface area (Å²) in [4.78, 5) is 22.2. The molecule has 0 saturated carbocycles. The SMILES string of the molecule is Cc1cccc(N2CCN(C(=O)c3cc4occc4c(Nc4ccc(F)cc4)n3)CC2C)c1. The number of rotatable bonds is 4. The van der Waals surface area contributed by atoms with E-state index < -0.39 is 0 Å². The number of aromatic nitrogens is 1. The second-order valence-electron chi connectivity index (χ2n) is 8.45. The molecule has 1 fully saturated rings. The monoisotopic (exact) mass is 444 g/mol. The molecule has 6 nitrogen and oxygen atoms in total. The molecule has 1 aliphatic rings. The Morgan fingerprint density at radius 2 is 1.94 bits per heavy atom. The van der Waals surface area contributed by atoms with Crippen molar-refractivity contribution >= 4 is 34.1 Å². The molecule has 2 aromatic carbocycles. The number of halogens is 1. The molecule has 168 valence electrons. The number of amides is 1. The number of pyridine rings is 1. The highest BCUT2D eigenvalue weighted by Crippen LogP contribution is 2.28. The first-order valence-corrected chi connectivity index (χ1v) is 11.0. The number of carbonyl (C=O) groups excluding carboxylic acids is 1. The van der Waals surface area contributed by atoms with Gasteiger partial charge in [-0.3, -0.25) is 4.79 Å². The maximum absolute atomic E-state index is 13.4. The Morgan fingerprint density at radius 3 is 2.70 bits per heavy atom. The van der Waals surface area contributed by atoms with Crippen LogP contribution in [0.1, 0.15) is 23.0 Å². The van der Waals surface area contributed by atoms with Crippen molar-refractivity contribution in [3.63, 3.8) is 0 Å². The molecule has 0 bridgehead atoms. The van der Waals surface area contributed by atoms with Crippen LogP contribution < -0.4 is 10.2 Å². The van der Waals surface area contributed by atoms with Gasteiger partial charge in [0.15, 0.2) is 0 Å². The summed E-state index contributed by atoms with van der Waals surface area (Å²) in [6.45, 7) is 6.18. The van der Waals surface area contributed by atoms with Crippen LogP contribution in [0, 0.1) is 12.7 Å². The number of anilines is 3. The number of carbonyl (C=O) groups is 1. The molecule has 0 radical (unpaired) electrons. The van der Waals surface area contributed by atoms with Crippen molar-refractivity contribution in [1.29, 1.82) is 0 Å². The van der Waals surface area contributed by atoms with Crippen LogP contribution in [0.5, 0.6) is 0 Å². The highest BCUT2D eigenvalue weighted by atomic mass is 19.1. The molecule has 1 amide bonds. The van der Waals surface area contributed by atoms with Gasteiger partial charge >= 0.3 is 0 Å². The van der Waals surface area contributed by atoms with Gasteiger partial charge in [-0.2, -0.15) is 0 Å². The highest BCUT2D eigenvalue weighted by molar-refractivity contribution is 5.99. The quantitative estimate of drug-likeness (QED) is 0.459. The van der Waals surface area contributed by atoms with Crippen molar-refractivity contribution in [3.05, 3.63) is 84.0 Å².